The van der Waals surface area contributed by atoms with Gasteiger partial charge in [0.25, 0.3) is 0 Å². The molecule has 1 aromatic rings. The molecule has 1 aliphatic rings. The smallest absolute Gasteiger partial charge is 0.141 e. The molecule has 5 heteroatoms. The van der Waals surface area contributed by atoms with Crippen molar-refractivity contribution in [2.45, 2.75) is 32.4 Å². The number of hydrogen-bond donors (Lipinski definition) is 2. The summed E-state index contributed by atoms with van der Waals surface area (Å²) < 4.78 is 5.21. The lowest BCUT2D eigenvalue weighted by Crippen LogP contribution is -2.36. The highest BCUT2D eigenvalue weighted by Gasteiger charge is 2.31. The fourth-order valence-corrected chi connectivity index (χ4v) is 2.47. The Morgan fingerprint density at radius 1 is 1.60 bits per heavy atom. The van der Waals surface area contributed by atoms with Gasteiger partial charge in [-0.3, -0.25) is 15.3 Å². The summed E-state index contributed by atoms with van der Waals surface area (Å²) in [7, 11) is 1.74. The van der Waals surface area contributed by atoms with E-state index in [2.05, 4.69) is 16.8 Å². The van der Waals surface area contributed by atoms with E-state index in [1.54, 1.807) is 13.3 Å². The molecule has 3 N–H and O–H groups in total. The molecule has 0 spiro atoms. The van der Waals surface area contributed by atoms with Crippen molar-refractivity contribution in [3.63, 3.8) is 0 Å². The van der Waals surface area contributed by atoms with Crippen molar-refractivity contribution in [1.29, 1.82) is 5.41 Å². The Kier molecular flexibility index (Phi) is 5.09. The minimum Gasteiger partial charge on any atom is -0.383 e. The Hall–Kier alpha value is -1.46. The van der Waals surface area contributed by atoms with Gasteiger partial charge in [-0.1, -0.05) is 0 Å². The molecule has 0 aliphatic heterocycles. The average molecular weight is 276 g/mol. The van der Waals surface area contributed by atoms with Crippen molar-refractivity contribution in [3.05, 3.63) is 29.6 Å². The monoisotopic (exact) mass is 276 g/mol. The molecule has 0 amide bonds. The van der Waals surface area contributed by atoms with E-state index in [9.17, 15) is 0 Å². The van der Waals surface area contributed by atoms with Gasteiger partial charge >= 0.3 is 0 Å². The normalized spacial score (nSPS) is 16.4. The molecule has 0 aromatic carbocycles. The first-order valence-corrected chi connectivity index (χ1v) is 7.14. The molecule has 1 heterocycles. The SMILES string of the molecule is COCCN(Cc1ccnc(C(=N)N)c1)C(C)C1CC1. The zero-order valence-electron chi connectivity index (χ0n) is 12.3. The summed E-state index contributed by atoms with van der Waals surface area (Å²) >= 11 is 0. The van der Waals surface area contributed by atoms with E-state index in [0.717, 1.165) is 31.2 Å². The second kappa shape index (κ2) is 6.81. The van der Waals surface area contributed by atoms with E-state index < -0.39 is 0 Å². The highest BCUT2D eigenvalue weighted by molar-refractivity contribution is 5.93. The van der Waals surface area contributed by atoms with Gasteiger partial charge < -0.3 is 10.5 Å². The van der Waals surface area contributed by atoms with Gasteiger partial charge in [-0.25, -0.2) is 0 Å². The maximum atomic E-state index is 7.47. The molecule has 0 saturated heterocycles. The zero-order chi connectivity index (χ0) is 14.5. The van der Waals surface area contributed by atoms with Crippen LogP contribution in [-0.4, -0.2) is 42.0 Å². The Morgan fingerprint density at radius 2 is 2.35 bits per heavy atom. The number of nitrogens with zero attached hydrogens (tertiary/aromatic N) is 2. The lowest BCUT2D eigenvalue weighted by molar-refractivity contribution is 0.111. The van der Waals surface area contributed by atoms with Crippen LogP contribution in [0.25, 0.3) is 0 Å². The predicted octanol–water partition coefficient (Wildman–Crippen LogP) is 1.61. The highest BCUT2D eigenvalue weighted by Crippen LogP contribution is 2.35. The van der Waals surface area contributed by atoms with Gasteiger partial charge in [-0.15, -0.1) is 0 Å². The van der Waals surface area contributed by atoms with E-state index in [1.165, 1.54) is 12.8 Å². The van der Waals surface area contributed by atoms with Crippen molar-refractivity contribution in [2.24, 2.45) is 11.7 Å². The Bertz CT molecular complexity index is 459. The molecule has 20 heavy (non-hydrogen) atoms. The third-order valence-corrected chi connectivity index (χ3v) is 3.95. The van der Waals surface area contributed by atoms with Crippen molar-refractivity contribution < 1.29 is 4.74 Å². The summed E-state index contributed by atoms with van der Waals surface area (Å²) in [6.07, 6.45) is 4.39. The van der Waals surface area contributed by atoms with Crippen LogP contribution in [0.1, 0.15) is 31.0 Å². The number of pyridine rings is 1. The van der Waals surface area contributed by atoms with Crippen LogP contribution in [0.15, 0.2) is 18.3 Å². The number of amidine groups is 1. The van der Waals surface area contributed by atoms with Crippen LogP contribution in [-0.2, 0) is 11.3 Å². The van der Waals surface area contributed by atoms with Crippen LogP contribution < -0.4 is 5.73 Å². The molecule has 1 saturated carbocycles. The molecular formula is C15H24N4O. The predicted molar refractivity (Wildman–Crippen MR) is 79.7 cm³/mol. The van der Waals surface area contributed by atoms with Crippen molar-refractivity contribution in [3.8, 4) is 0 Å². The van der Waals surface area contributed by atoms with Crippen molar-refractivity contribution >= 4 is 5.84 Å². The number of hydrogen-bond acceptors (Lipinski definition) is 4. The van der Waals surface area contributed by atoms with Gasteiger partial charge in [-0.2, -0.15) is 0 Å². The topological polar surface area (TPSA) is 75.2 Å². The standard InChI is InChI=1S/C15H24N4O/c1-11(13-3-4-13)19(7-8-20-2)10-12-5-6-18-14(9-12)15(16)17/h5-6,9,11,13H,3-4,7-8,10H2,1-2H3,(H3,16,17). The largest absolute Gasteiger partial charge is 0.383 e. The number of aromatic nitrogens is 1. The fraction of sp³-hybridized carbons (Fsp3) is 0.600. The molecule has 2 rings (SSSR count). The summed E-state index contributed by atoms with van der Waals surface area (Å²) in [4.78, 5) is 6.55. The first-order chi connectivity index (χ1) is 9.61. The molecule has 110 valence electrons. The average Bonchev–Trinajstić information content (AvgIpc) is 3.27. The molecule has 0 radical (unpaired) electrons. The summed E-state index contributed by atoms with van der Waals surface area (Å²) in [5.74, 6) is 0.839. The fourth-order valence-electron chi connectivity index (χ4n) is 2.47. The van der Waals surface area contributed by atoms with Crippen LogP contribution in [0.3, 0.4) is 0 Å². The second-order valence-corrected chi connectivity index (χ2v) is 5.50. The molecule has 1 aromatic heterocycles. The lowest BCUT2D eigenvalue weighted by atomic mass is 10.1. The van der Waals surface area contributed by atoms with Crippen LogP contribution >= 0.6 is 0 Å². The Morgan fingerprint density at radius 3 is 2.95 bits per heavy atom. The first kappa shape index (κ1) is 14.9. The van der Waals surface area contributed by atoms with Gasteiger partial charge in [0.05, 0.1) is 6.61 Å². The van der Waals surface area contributed by atoms with Crippen molar-refractivity contribution in [1.82, 2.24) is 9.88 Å². The van der Waals surface area contributed by atoms with Gasteiger partial charge in [0.2, 0.25) is 0 Å². The number of nitrogen functional groups attached to an aromatic ring is 1. The van der Waals surface area contributed by atoms with Gasteiger partial charge in [-0.05, 0) is 43.4 Å². The van der Waals surface area contributed by atoms with Crippen LogP contribution in [0.4, 0.5) is 0 Å². The zero-order valence-corrected chi connectivity index (χ0v) is 12.3. The van der Waals surface area contributed by atoms with Crippen LogP contribution in [0.2, 0.25) is 0 Å². The van der Waals surface area contributed by atoms with Gasteiger partial charge in [0.1, 0.15) is 11.5 Å². The molecule has 1 unspecified atom stereocenters. The number of ether oxygens (including phenoxy) is 1. The third-order valence-electron chi connectivity index (χ3n) is 3.95. The van der Waals surface area contributed by atoms with E-state index in [1.807, 2.05) is 12.1 Å². The third kappa shape index (κ3) is 4.02. The Labute approximate surface area is 120 Å². The maximum absolute atomic E-state index is 7.47. The van der Waals surface area contributed by atoms with E-state index in [0.29, 0.717) is 11.7 Å². The number of rotatable bonds is 8. The quantitative estimate of drug-likeness (QED) is 0.559. The molecule has 5 nitrogen and oxygen atoms in total. The minimum absolute atomic E-state index is 0.0190. The first-order valence-electron chi connectivity index (χ1n) is 7.14. The van der Waals surface area contributed by atoms with Gasteiger partial charge in [0.15, 0.2) is 0 Å². The molecule has 1 fully saturated rings. The summed E-state index contributed by atoms with van der Waals surface area (Å²) in [5.41, 5.74) is 7.20. The van der Waals surface area contributed by atoms with E-state index in [4.69, 9.17) is 15.9 Å². The van der Waals surface area contributed by atoms with Crippen LogP contribution in [0, 0.1) is 11.3 Å². The number of methoxy groups -OCH3 is 1. The molecule has 1 aliphatic carbocycles. The van der Waals surface area contributed by atoms with Crippen molar-refractivity contribution in [2.75, 3.05) is 20.3 Å². The lowest BCUT2D eigenvalue weighted by Gasteiger charge is -2.29. The number of nitrogens with two attached hydrogens (primary N) is 1. The maximum Gasteiger partial charge on any atom is 0.141 e. The summed E-state index contributed by atoms with van der Waals surface area (Å²) in [6, 6.07) is 4.47. The van der Waals surface area contributed by atoms with Gasteiger partial charge in [0, 0.05) is 32.4 Å². The van der Waals surface area contributed by atoms with E-state index >= 15 is 0 Å². The molecule has 0 bridgehead atoms. The van der Waals surface area contributed by atoms with Crippen LogP contribution in [0.5, 0.6) is 0 Å². The summed E-state index contributed by atoms with van der Waals surface area (Å²) in [5, 5.41) is 7.47. The second-order valence-electron chi connectivity index (χ2n) is 5.50. The molecule has 1 atom stereocenters. The Balaban J connectivity index is 2.05. The van der Waals surface area contributed by atoms with E-state index in [-0.39, 0.29) is 5.84 Å². The number of nitrogens with one attached hydrogen (secondary N) is 1. The summed E-state index contributed by atoms with van der Waals surface area (Å²) in [6.45, 7) is 4.80. The minimum atomic E-state index is 0.0190. The molecular weight excluding hydrogens is 252 g/mol. The highest BCUT2D eigenvalue weighted by atomic mass is 16.5.